The summed E-state index contributed by atoms with van der Waals surface area (Å²) in [6.07, 6.45) is 0. The van der Waals surface area contributed by atoms with E-state index < -0.39 is 49.1 Å². The van der Waals surface area contributed by atoms with Gasteiger partial charge in [-0.25, -0.2) is 14.4 Å². The van der Waals surface area contributed by atoms with E-state index in [1.807, 2.05) is 0 Å². The van der Waals surface area contributed by atoms with Crippen LogP contribution >= 0.6 is 12.4 Å². The Hall–Kier alpha value is -2.39. The van der Waals surface area contributed by atoms with Crippen LogP contribution < -0.4 is 11.1 Å². The van der Waals surface area contributed by atoms with Crippen LogP contribution in [0.2, 0.25) is 0 Å². The molecule has 0 aromatic carbocycles. The first-order valence-electron chi connectivity index (χ1n) is 6.50. The standard InChI is InChI=1S/C14H20N2O7.ClH/c1-7(2)13(20)22-5-9(15)11(17)16-10(12(18)19)6-23-14(21)8(3)4;/h9-10H,1,3,5-6,15H2,2,4H3,(H,16,17)(H,18,19);1H/t9-,10-;/m0./s1. The number of halogens is 1. The zero-order chi connectivity index (χ0) is 18.2. The van der Waals surface area contributed by atoms with Gasteiger partial charge in [-0.1, -0.05) is 13.2 Å². The van der Waals surface area contributed by atoms with Crippen LogP contribution in [0.1, 0.15) is 13.8 Å². The number of carbonyl (C=O) groups excluding carboxylic acids is 3. The number of ether oxygens (including phenoxy) is 2. The maximum atomic E-state index is 11.7. The first kappa shape index (κ1) is 23.9. The van der Waals surface area contributed by atoms with Crippen molar-refractivity contribution < 1.29 is 33.8 Å². The highest BCUT2D eigenvalue weighted by Crippen LogP contribution is 1.97. The van der Waals surface area contributed by atoms with Crippen LogP contribution in [-0.2, 0) is 28.7 Å². The van der Waals surface area contributed by atoms with Gasteiger partial charge in [0, 0.05) is 11.1 Å². The maximum absolute atomic E-state index is 11.7. The summed E-state index contributed by atoms with van der Waals surface area (Å²) in [4.78, 5) is 45.2. The number of rotatable bonds is 9. The normalized spacial score (nSPS) is 12.0. The van der Waals surface area contributed by atoms with Gasteiger partial charge in [0.2, 0.25) is 5.91 Å². The predicted molar refractivity (Wildman–Crippen MR) is 86.3 cm³/mol. The molecule has 0 heterocycles. The van der Waals surface area contributed by atoms with E-state index in [0.29, 0.717) is 0 Å². The van der Waals surface area contributed by atoms with Gasteiger partial charge in [-0.15, -0.1) is 12.4 Å². The molecular formula is C14H21ClN2O7. The average molecular weight is 365 g/mol. The molecule has 136 valence electrons. The molecule has 0 aliphatic carbocycles. The van der Waals surface area contributed by atoms with Crippen LogP contribution in [-0.4, -0.2) is 54.2 Å². The third-order valence-corrected chi connectivity index (χ3v) is 2.42. The first-order valence-corrected chi connectivity index (χ1v) is 6.50. The second kappa shape index (κ2) is 11.2. The van der Waals surface area contributed by atoms with Gasteiger partial charge < -0.3 is 25.6 Å². The van der Waals surface area contributed by atoms with E-state index in [2.05, 4.69) is 27.9 Å². The molecule has 2 atom stereocenters. The van der Waals surface area contributed by atoms with Crippen LogP contribution in [0.3, 0.4) is 0 Å². The predicted octanol–water partition coefficient (Wildman–Crippen LogP) is -0.456. The number of carboxylic acids is 1. The molecule has 1 amide bonds. The molecule has 10 heteroatoms. The number of hydrogen-bond donors (Lipinski definition) is 3. The Kier molecular flexibility index (Phi) is 11.1. The van der Waals surface area contributed by atoms with E-state index in [0.717, 1.165) is 0 Å². The van der Waals surface area contributed by atoms with Crippen molar-refractivity contribution in [3.05, 3.63) is 24.3 Å². The molecule has 0 unspecified atom stereocenters. The Bertz CT molecular complexity index is 533. The van der Waals surface area contributed by atoms with Crippen LogP contribution in [0.5, 0.6) is 0 Å². The Morgan fingerprint density at radius 1 is 1.04 bits per heavy atom. The largest absolute Gasteiger partial charge is 0.480 e. The highest BCUT2D eigenvalue weighted by molar-refractivity contribution is 5.90. The van der Waals surface area contributed by atoms with Gasteiger partial charge in [-0.05, 0) is 13.8 Å². The molecule has 4 N–H and O–H groups in total. The number of hydrogen-bond acceptors (Lipinski definition) is 7. The fourth-order valence-corrected chi connectivity index (χ4v) is 1.10. The van der Waals surface area contributed by atoms with Gasteiger partial charge in [-0.3, -0.25) is 4.79 Å². The Labute approximate surface area is 145 Å². The van der Waals surface area contributed by atoms with Crippen molar-refractivity contribution in [1.82, 2.24) is 5.32 Å². The number of aliphatic carboxylic acids is 1. The monoisotopic (exact) mass is 364 g/mol. The van der Waals surface area contributed by atoms with Gasteiger partial charge in [0.05, 0.1) is 0 Å². The quantitative estimate of drug-likeness (QED) is 0.368. The molecule has 0 aromatic heterocycles. The van der Waals surface area contributed by atoms with Gasteiger partial charge in [-0.2, -0.15) is 0 Å². The lowest BCUT2D eigenvalue weighted by Gasteiger charge is -2.18. The van der Waals surface area contributed by atoms with E-state index >= 15 is 0 Å². The van der Waals surface area contributed by atoms with Crippen molar-refractivity contribution in [2.75, 3.05) is 13.2 Å². The molecule has 0 rings (SSSR count). The summed E-state index contributed by atoms with van der Waals surface area (Å²) in [6, 6.07) is -2.77. The van der Waals surface area contributed by atoms with Crippen LogP contribution in [0.4, 0.5) is 0 Å². The minimum atomic E-state index is -1.49. The topological polar surface area (TPSA) is 145 Å². The number of esters is 2. The third kappa shape index (κ3) is 8.91. The summed E-state index contributed by atoms with van der Waals surface area (Å²) >= 11 is 0. The van der Waals surface area contributed by atoms with Gasteiger partial charge >= 0.3 is 17.9 Å². The molecule has 0 aromatic rings. The van der Waals surface area contributed by atoms with Crippen LogP contribution in [0.15, 0.2) is 24.3 Å². The van der Waals surface area contributed by atoms with Gasteiger partial charge in [0.15, 0.2) is 6.04 Å². The lowest BCUT2D eigenvalue weighted by molar-refractivity contribution is -0.149. The summed E-state index contributed by atoms with van der Waals surface area (Å²) in [6.45, 7) is 8.46. The van der Waals surface area contributed by atoms with E-state index in [9.17, 15) is 19.2 Å². The summed E-state index contributed by atoms with van der Waals surface area (Å²) in [7, 11) is 0. The minimum Gasteiger partial charge on any atom is -0.480 e. The highest BCUT2D eigenvalue weighted by Gasteiger charge is 2.25. The Morgan fingerprint density at radius 2 is 1.46 bits per heavy atom. The van der Waals surface area contributed by atoms with E-state index in [-0.39, 0.29) is 23.6 Å². The van der Waals surface area contributed by atoms with Crippen molar-refractivity contribution in [3.8, 4) is 0 Å². The lowest BCUT2D eigenvalue weighted by Crippen LogP contribution is -2.52. The van der Waals surface area contributed by atoms with E-state index in [1.165, 1.54) is 13.8 Å². The highest BCUT2D eigenvalue weighted by atomic mass is 35.5. The van der Waals surface area contributed by atoms with Crippen molar-refractivity contribution in [3.63, 3.8) is 0 Å². The molecule has 0 bridgehead atoms. The Morgan fingerprint density at radius 3 is 1.83 bits per heavy atom. The minimum absolute atomic E-state index is 0. The zero-order valence-corrected chi connectivity index (χ0v) is 14.2. The number of nitrogens with one attached hydrogen (secondary N) is 1. The van der Waals surface area contributed by atoms with Crippen LogP contribution in [0.25, 0.3) is 0 Å². The Balaban J connectivity index is 0. The molecule has 24 heavy (non-hydrogen) atoms. The molecule has 0 fully saturated rings. The molecule has 0 aliphatic rings. The fraction of sp³-hybridized carbons (Fsp3) is 0.429. The molecule has 0 saturated carbocycles. The molecule has 0 aliphatic heterocycles. The van der Waals surface area contributed by atoms with Gasteiger partial charge in [0.1, 0.15) is 19.3 Å². The van der Waals surface area contributed by atoms with Crippen molar-refractivity contribution in [2.45, 2.75) is 25.9 Å². The number of carbonyl (C=O) groups is 4. The van der Waals surface area contributed by atoms with E-state index in [4.69, 9.17) is 10.8 Å². The second-order valence-corrected chi connectivity index (χ2v) is 4.76. The molecule has 9 nitrogen and oxygen atoms in total. The number of carboxylic acid groups (broad SMARTS) is 1. The molecule has 0 spiro atoms. The van der Waals surface area contributed by atoms with Gasteiger partial charge in [0.25, 0.3) is 0 Å². The lowest BCUT2D eigenvalue weighted by atomic mass is 10.2. The summed E-state index contributed by atoms with van der Waals surface area (Å²) < 4.78 is 9.35. The zero-order valence-electron chi connectivity index (χ0n) is 13.4. The number of nitrogens with two attached hydrogens (primary N) is 1. The van der Waals surface area contributed by atoms with Crippen molar-refractivity contribution >= 4 is 36.2 Å². The molecule has 0 radical (unpaired) electrons. The average Bonchev–Trinajstić information content (AvgIpc) is 2.47. The third-order valence-electron chi connectivity index (χ3n) is 2.42. The fourth-order valence-electron chi connectivity index (χ4n) is 1.10. The smallest absolute Gasteiger partial charge is 0.333 e. The second-order valence-electron chi connectivity index (χ2n) is 4.76. The summed E-state index contributed by atoms with van der Waals surface area (Å²) in [5.74, 6) is -3.80. The summed E-state index contributed by atoms with van der Waals surface area (Å²) in [5.41, 5.74) is 5.70. The van der Waals surface area contributed by atoms with Crippen molar-refractivity contribution in [2.24, 2.45) is 5.73 Å². The van der Waals surface area contributed by atoms with Crippen LogP contribution in [0, 0.1) is 0 Å². The van der Waals surface area contributed by atoms with Crippen molar-refractivity contribution in [1.29, 1.82) is 0 Å². The van der Waals surface area contributed by atoms with E-state index in [1.54, 1.807) is 0 Å². The SMILES string of the molecule is C=C(C)C(=O)OC[C@H](NC(=O)[C@@H](N)COC(=O)C(=C)C)C(=O)O.Cl. The number of amides is 1. The summed E-state index contributed by atoms with van der Waals surface area (Å²) in [5, 5.41) is 11.1. The molecule has 0 saturated heterocycles. The molecular weight excluding hydrogens is 344 g/mol. The maximum Gasteiger partial charge on any atom is 0.333 e. The first-order chi connectivity index (χ1) is 10.6.